The summed E-state index contributed by atoms with van der Waals surface area (Å²) in [4.78, 5) is 12.1. The molecule has 2 atom stereocenters. The third-order valence-electron chi connectivity index (χ3n) is 3.13. The lowest BCUT2D eigenvalue weighted by Gasteiger charge is -2.13. The second-order valence-corrected chi connectivity index (χ2v) is 4.60. The van der Waals surface area contributed by atoms with Gasteiger partial charge in [0.05, 0.1) is 6.61 Å². The SMILES string of the molecule is CCOc1cccc(C(=O)N[C@@H]2C=C[C@H](CO)C2)c1. The average molecular weight is 261 g/mol. The topological polar surface area (TPSA) is 58.6 Å². The largest absolute Gasteiger partial charge is 0.494 e. The van der Waals surface area contributed by atoms with E-state index in [9.17, 15) is 4.79 Å². The molecule has 0 unspecified atom stereocenters. The number of hydrogen-bond donors (Lipinski definition) is 2. The third kappa shape index (κ3) is 3.58. The number of ether oxygens (including phenoxy) is 1. The molecule has 0 bridgehead atoms. The van der Waals surface area contributed by atoms with Crippen LogP contribution in [0.4, 0.5) is 0 Å². The van der Waals surface area contributed by atoms with Gasteiger partial charge in [0.1, 0.15) is 5.75 Å². The lowest BCUT2D eigenvalue weighted by Crippen LogP contribution is -2.32. The lowest BCUT2D eigenvalue weighted by atomic mass is 10.1. The molecule has 1 aromatic rings. The van der Waals surface area contributed by atoms with Gasteiger partial charge in [-0.1, -0.05) is 18.2 Å². The Kier molecular flexibility index (Phi) is 4.58. The van der Waals surface area contributed by atoms with Crippen LogP contribution >= 0.6 is 0 Å². The Morgan fingerprint density at radius 3 is 3.00 bits per heavy atom. The molecular weight excluding hydrogens is 242 g/mol. The van der Waals surface area contributed by atoms with Crippen LogP contribution in [0.2, 0.25) is 0 Å². The van der Waals surface area contributed by atoms with Crippen LogP contribution in [0.15, 0.2) is 36.4 Å². The van der Waals surface area contributed by atoms with Crippen LogP contribution < -0.4 is 10.1 Å². The monoisotopic (exact) mass is 261 g/mol. The molecule has 0 saturated heterocycles. The first kappa shape index (κ1) is 13.6. The first-order chi connectivity index (χ1) is 9.22. The summed E-state index contributed by atoms with van der Waals surface area (Å²) >= 11 is 0. The lowest BCUT2D eigenvalue weighted by molar-refractivity contribution is 0.0940. The van der Waals surface area contributed by atoms with Crippen molar-refractivity contribution in [3.05, 3.63) is 42.0 Å². The van der Waals surface area contributed by atoms with Crippen molar-refractivity contribution in [3.63, 3.8) is 0 Å². The molecule has 0 heterocycles. The number of carbonyl (C=O) groups excluding carboxylic acids is 1. The number of carbonyl (C=O) groups is 1. The quantitative estimate of drug-likeness (QED) is 0.794. The van der Waals surface area contributed by atoms with Gasteiger partial charge >= 0.3 is 0 Å². The fourth-order valence-electron chi connectivity index (χ4n) is 2.16. The maximum atomic E-state index is 12.1. The second-order valence-electron chi connectivity index (χ2n) is 4.60. The van der Waals surface area contributed by atoms with E-state index in [2.05, 4.69) is 5.32 Å². The molecule has 1 amide bonds. The van der Waals surface area contributed by atoms with Crippen LogP contribution in [0.3, 0.4) is 0 Å². The minimum atomic E-state index is -0.116. The van der Waals surface area contributed by atoms with E-state index >= 15 is 0 Å². The maximum absolute atomic E-state index is 12.1. The van der Waals surface area contributed by atoms with E-state index in [0.29, 0.717) is 17.9 Å². The molecule has 0 aliphatic heterocycles. The van der Waals surface area contributed by atoms with E-state index in [4.69, 9.17) is 9.84 Å². The maximum Gasteiger partial charge on any atom is 0.251 e. The molecule has 2 N–H and O–H groups in total. The summed E-state index contributed by atoms with van der Waals surface area (Å²) in [5.41, 5.74) is 0.590. The Morgan fingerprint density at radius 2 is 2.32 bits per heavy atom. The highest BCUT2D eigenvalue weighted by atomic mass is 16.5. The average Bonchev–Trinajstić information content (AvgIpc) is 2.87. The zero-order valence-corrected chi connectivity index (χ0v) is 11.0. The van der Waals surface area contributed by atoms with Crippen LogP contribution in [0.25, 0.3) is 0 Å². The molecule has 19 heavy (non-hydrogen) atoms. The summed E-state index contributed by atoms with van der Waals surface area (Å²) in [6.45, 7) is 2.61. The molecule has 0 aromatic heterocycles. The van der Waals surface area contributed by atoms with Gasteiger partial charge in [0.2, 0.25) is 0 Å². The van der Waals surface area contributed by atoms with Crippen LogP contribution in [-0.4, -0.2) is 30.3 Å². The van der Waals surface area contributed by atoms with E-state index in [1.165, 1.54) is 0 Å². The molecule has 2 rings (SSSR count). The highest BCUT2D eigenvalue weighted by Crippen LogP contribution is 2.18. The number of rotatable bonds is 5. The van der Waals surface area contributed by atoms with Crippen LogP contribution in [-0.2, 0) is 0 Å². The number of aliphatic hydroxyl groups excluding tert-OH is 1. The third-order valence-corrected chi connectivity index (χ3v) is 3.13. The minimum Gasteiger partial charge on any atom is -0.494 e. The summed E-state index contributed by atoms with van der Waals surface area (Å²) in [7, 11) is 0. The molecular formula is C15H19NO3. The first-order valence-electron chi connectivity index (χ1n) is 6.56. The van der Waals surface area contributed by atoms with Gasteiger partial charge in [-0.05, 0) is 31.5 Å². The van der Waals surface area contributed by atoms with Crippen molar-refractivity contribution in [1.29, 1.82) is 0 Å². The van der Waals surface area contributed by atoms with Gasteiger partial charge in [0.15, 0.2) is 0 Å². The van der Waals surface area contributed by atoms with E-state index in [1.807, 2.05) is 25.1 Å². The van der Waals surface area contributed by atoms with E-state index in [-0.39, 0.29) is 24.5 Å². The van der Waals surface area contributed by atoms with Crippen molar-refractivity contribution >= 4 is 5.91 Å². The van der Waals surface area contributed by atoms with Gasteiger partial charge in [-0.2, -0.15) is 0 Å². The summed E-state index contributed by atoms with van der Waals surface area (Å²) in [5, 5.41) is 12.0. The molecule has 0 radical (unpaired) electrons. The Labute approximate surface area is 113 Å². The molecule has 102 valence electrons. The first-order valence-corrected chi connectivity index (χ1v) is 6.56. The van der Waals surface area contributed by atoms with Gasteiger partial charge in [-0.25, -0.2) is 0 Å². The predicted molar refractivity (Wildman–Crippen MR) is 73.2 cm³/mol. The zero-order valence-electron chi connectivity index (χ0n) is 11.0. The summed E-state index contributed by atoms with van der Waals surface area (Å²) in [6, 6.07) is 7.14. The smallest absolute Gasteiger partial charge is 0.251 e. The molecule has 0 spiro atoms. The Morgan fingerprint density at radius 1 is 1.47 bits per heavy atom. The van der Waals surface area contributed by atoms with Gasteiger partial charge < -0.3 is 15.2 Å². The number of hydrogen-bond acceptors (Lipinski definition) is 3. The highest BCUT2D eigenvalue weighted by molar-refractivity contribution is 5.94. The number of aliphatic hydroxyl groups is 1. The Balaban J connectivity index is 1.96. The molecule has 0 fully saturated rings. The highest BCUT2D eigenvalue weighted by Gasteiger charge is 2.20. The van der Waals surface area contributed by atoms with Crippen molar-refractivity contribution in [3.8, 4) is 5.75 Å². The van der Waals surface area contributed by atoms with Crippen molar-refractivity contribution < 1.29 is 14.6 Å². The van der Waals surface area contributed by atoms with E-state index in [1.54, 1.807) is 18.2 Å². The van der Waals surface area contributed by atoms with Crippen molar-refractivity contribution in [2.45, 2.75) is 19.4 Å². The standard InChI is InChI=1S/C15H19NO3/c1-2-19-14-5-3-4-12(9-14)15(18)16-13-7-6-11(8-13)10-17/h3-7,9,11,13,17H,2,8,10H2,1H3,(H,16,18)/t11-,13+/m0/s1. The molecule has 1 aromatic carbocycles. The fraction of sp³-hybridized carbons (Fsp3) is 0.400. The van der Waals surface area contributed by atoms with Crippen LogP contribution in [0, 0.1) is 5.92 Å². The summed E-state index contributed by atoms with van der Waals surface area (Å²) < 4.78 is 5.37. The van der Waals surface area contributed by atoms with Gasteiger partial charge in [-0.15, -0.1) is 0 Å². The molecule has 1 aliphatic carbocycles. The van der Waals surface area contributed by atoms with E-state index < -0.39 is 0 Å². The number of nitrogens with one attached hydrogen (secondary N) is 1. The van der Waals surface area contributed by atoms with Crippen molar-refractivity contribution in [2.75, 3.05) is 13.2 Å². The second kappa shape index (κ2) is 6.38. The molecule has 4 heteroatoms. The van der Waals surface area contributed by atoms with Crippen LogP contribution in [0.5, 0.6) is 5.75 Å². The number of benzene rings is 1. The fourth-order valence-corrected chi connectivity index (χ4v) is 2.16. The predicted octanol–water partition coefficient (Wildman–Crippen LogP) is 1.75. The summed E-state index contributed by atoms with van der Waals surface area (Å²) in [5.74, 6) is 0.736. The van der Waals surface area contributed by atoms with Crippen molar-refractivity contribution in [2.24, 2.45) is 5.92 Å². The van der Waals surface area contributed by atoms with Gasteiger partial charge in [-0.3, -0.25) is 4.79 Å². The Hall–Kier alpha value is -1.81. The normalized spacial score (nSPS) is 21.4. The Bertz CT molecular complexity index is 470. The van der Waals surface area contributed by atoms with E-state index in [0.717, 1.165) is 6.42 Å². The molecule has 0 saturated carbocycles. The zero-order chi connectivity index (χ0) is 13.7. The molecule has 1 aliphatic rings. The van der Waals surface area contributed by atoms with Crippen LogP contribution in [0.1, 0.15) is 23.7 Å². The summed E-state index contributed by atoms with van der Waals surface area (Å²) in [6.07, 6.45) is 4.64. The molecule has 4 nitrogen and oxygen atoms in total. The number of amides is 1. The minimum absolute atomic E-state index is 0.000370. The van der Waals surface area contributed by atoms with Gasteiger partial charge in [0.25, 0.3) is 5.91 Å². The van der Waals surface area contributed by atoms with Gasteiger partial charge in [0, 0.05) is 24.1 Å². The van der Waals surface area contributed by atoms with Crippen molar-refractivity contribution in [1.82, 2.24) is 5.32 Å².